The van der Waals surface area contributed by atoms with Crippen molar-refractivity contribution in [3.8, 4) is 0 Å². The lowest BCUT2D eigenvalue weighted by Crippen LogP contribution is -2.38. The van der Waals surface area contributed by atoms with E-state index >= 15 is 0 Å². The van der Waals surface area contributed by atoms with Crippen molar-refractivity contribution in [1.29, 1.82) is 0 Å². The van der Waals surface area contributed by atoms with Gasteiger partial charge in [0.25, 0.3) is 0 Å². The highest BCUT2D eigenvalue weighted by Crippen LogP contribution is 2.20. The van der Waals surface area contributed by atoms with Crippen LogP contribution in [0.4, 0.5) is 5.69 Å². The summed E-state index contributed by atoms with van der Waals surface area (Å²) in [6, 6.07) is 5.58. The van der Waals surface area contributed by atoms with E-state index in [-0.39, 0.29) is 18.5 Å². The van der Waals surface area contributed by atoms with Gasteiger partial charge in [0, 0.05) is 23.3 Å². The summed E-state index contributed by atoms with van der Waals surface area (Å²) >= 11 is 5.83. The summed E-state index contributed by atoms with van der Waals surface area (Å²) in [5.41, 5.74) is 12.7. The fourth-order valence-electron chi connectivity index (χ4n) is 1.55. The Hall–Kier alpha value is -1.26. The first-order valence-corrected chi connectivity index (χ1v) is 5.84. The minimum absolute atomic E-state index is 0.220. The van der Waals surface area contributed by atoms with Crippen LogP contribution in [0.1, 0.15) is 19.4 Å². The Balaban J connectivity index is 2.82. The highest BCUT2D eigenvalue weighted by Gasteiger charge is 2.14. The largest absolute Gasteiger partial charge is 0.398 e. The molecule has 0 heterocycles. The van der Waals surface area contributed by atoms with E-state index in [1.807, 2.05) is 24.8 Å². The smallest absolute Gasteiger partial charge is 0.231 e. The molecule has 0 bridgehead atoms. The number of halogens is 1. The highest BCUT2D eigenvalue weighted by molar-refractivity contribution is 6.30. The number of hydrogen-bond acceptors (Lipinski definition) is 3. The van der Waals surface area contributed by atoms with E-state index in [1.54, 1.807) is 12.1 Å². The molecule has 0 spiro atoms. The van der Waals surface area contributed by atoms with E-state index in [9.17, 15) is 4.79 Å². The molecule has 0 saturated heterocycles. The van der Waals surface area contributed by atoms with Crippen LogP contribution in [0.2, 0.25) is 5.02 Å². The Kier molecular flexibility index (Phi) is 4.78. The lowest BCUT2D eigenvalue weighted by atomic mass is 10.1. The third kappa shape index (κ3) is 4.24. The molecule has 5 heteroatoms. The Bertz CT molecular complexity index is 407. The van der Waals surface area contributed by atoms with Gasteiger partial charge < -0.3 is 11.5 Å². The maximum absolute atomic E-state index is 11.0. The molecule has 0 aromatic heterocycles. The Morgan fingerprint density at radius 3 is 2.59 bits per heavy atom. The molecule has 17 heavy (non-hydrogen) atoms. The molecule has 0 atom stereocenters. The molecule has 0 fully saturated rings. The number of nitrogens with two attached hydrogens (primary N) is 2. The maximum atomic E-state index is 11.0. The Labute approximate surface area is 107 Å². The monoisotopic (exact) mass is 255 g/mol. The molecular weight excluding hydrogens is 238 g/mol. The molecule has 1 aromatic rings. The number of amides is 1. The lowest BCUT2D eigenvalue weighted by molar-refractivity contribution is -0.119. The van der Waals surface area contributed by atoms with Crippen molar-refractivity contribution in [3.63, 3.8) is 0 Å². The fraction of sp³-hybridized carbons (Fsp3) is 0.417. The van der Waals surface area contributed by atoms with Gasteiger partial charge in [-0.1, -0.05) is 17.7 Å². The van der Waals surface area contributed by atoms with Crippen LogP contribution in [0.15, 0.2) is 18.2 Å². The minimum Gasteiger partial charge on any atom is -0.398 e. The van der Waals surface area contributed by atoms with Crippen molar-refractivity contribution in [2.45, 2.75) is 26.4 Å². The van der Waals surface area contributed by atoms with Gasteiger partial charge in [-0.15, -0.1) is 0 Å². The zero-order valence-electron chi connectivity index (χ0n) is 10.1. The van der Waals surface area contributed by atoms with Crippen LogP contribution in [0.3, 0.4) is 0 Å². The van der Waals surface area contributed by atoms with Crippen LogP contribution >= 0.6 is 11.6 Å². The average molecular weight is 256 g/mol. The Morgan fingerprint density at radius 2 is 2.12 bits per heavy atom. The van der Waals surface area contributed by atoms with Gasteiger partial charge in [0.1, 0.15) is 0 Å². The molecule has 0 aliphatic rings. The molecule has 0 aliphatic carbocycles. The van der Waals surface area contributed by atoms with Gasteiger partial charge in [-0.3, -0.25) is 9.69 Å². The standard InChI is InChI=1S/C12H18ClN3O/c1-8(2)16(7-12(15)17)6-9-3-4-10(13)5-11(9)14/h3-5,8H,6-7,14H2,1-2H3,(H2,15,17). The second-order valence-electron chi connectivity index (χ2n) is 4.31. The van der Waals surface area contributed by atoms with Crippen molar-refractivity contribution in [2.75, 3.05) is 12.3 Å². The molecule has 1 amide bonds. The summed E-state index contributed by atoms with van der Waals surface area (Å²) in [5.74, 6) is -0.341. The van der Waals surface area contributed by atoms with Gasteiger partial charge in [-0.25, -0.2) is 0 Å². The molecule has 0 aliphatic heterocycles. The first kappa shape index (κ1) is 13.8. The van der Waals surface area contributed by atoms with Gasteiger partial charge in [0.2, 0.25) is 5.91 Å². The van der Waals surface area contributed by atoms with Crippen molar-refractivity contribution >= 4 is 23.2 Å². The fourth-order valence-corrected chi connectivity index (χ4v) is 1.73. The average Bonchev–Trinajstić information content (AvgIpc) is 2.19. The Morgan fingerprint density at radius 1 is 1.47 bits per heavy atom. The normalized spacial score (nSPS) is 11.1. The van der Waals surface area contributed by atoms with E-state index in [4.69, 9.17) is 23.1 Å². The molecule has 1 rings (SSSR count). The van der Waals surface area contributed by atoms with E-state index in [0.717, 1.165) is 5.56 Å². The second-order valence-corrected chi connectivity index (χ2v) is 4.74. The molecule has 0 saturated carbocycles. The number of primary amides is 1. The van der Waals surface area contributed by atoms with E-state index in [2.05, 4.69) is 0 Å². The minimum atomic E-state index is -0.341. The van der Waals surface area contributed by atoms with Crippen LogP contribution in [0.25, 0.3) is 0 Å². The molecule has 0 radical (unpaired) electrons. The van der Waals surface area contributed by atoms with Crippen LogP contribution in [0, 0.1) is 0 Å². The molecule has 94 valence electrons. The first-order valence-electron chi connectivity index (χ1n) is 5.46. The molecule has 4 N–H and O–H groups in total. The van der Waals surface area contributed by atoms with E-state index in [0.29, 0.717) is 17.3 Å². The predicted molar refractivity (Wildman–Crippen MR) is 70.6 cm³/mol. The third-order valence-corrected chi connectivity index (χ3v) is 2.81. The summed E-state index contributed by atoms with van der Waals surface area (Å²) in [7, 11) is 0. The zero-order chi connectivity index (χ0) is 13.0. The third-order valence-electron chi connectivity index (χ3n) is 2.57. The summed E-state index contributed by atoms with van der Waals surface area (Å²) in [6.07, 6.45) is 0. The topological polar surface area (TPSA) is 72.3 Å². The van der Waals surface area contributed by atoms with Gasteiger partial charge in [0.05, 0.1) is 6.54 Å². The molecule has 1 aromatic carbocycles. The summed E-state index contributed by atoms with van der Waals surface area (Å²) in [5, 5.41) is 0.609. The number of nitrogen functional groups attached to an aromatic ring is 1. The predicted octanol–water partition coefficient (Wildman–Crippen LogP) is 1.62. The summed E-state index contributed by atoms with van der Waals surface area (Å²) < 4.78 is 0. The number of hydrogen-bond donors (Lipinski definition) is 2. The molecular formula is C12H18ClN3O. The molecule has 4 nitrogen and oxygen atoms in total. The number of carbonyl (C=O) groups is 1. The number of rotatable bonds is 5. The van der Waals surface area contributed by atoms with Crippen molar-refractivity contribution in [3.05, 3.63) is 28.8 Å². The highest BCUT2D eigenvalue weighted by atomic mass is 35.5. The number of carbonyl (C=O) groups excluding carboxylic acids is 1. The van der Waals surface area contributed by atoms with Gasteiger partial charge in [-0.05, 0) is 31.5 Å². The van der Waals surface area contributed by atoms with Crippen LogP contribution in [-0.4, -0.2) is 23.4 Å². The number of nitrogens with zero attached hydrogens (tertiary/aromatic N) is 1. The van der Waals surface area contributed by atoms with E-state index in [1.165, 1.54) is 0 Å². The zero-order valence-corrected chi connectivity index (χ0v) is 10.9. The van der Waals surface area contributed by atoms with Crippen LogP contribution in [0.5, 0.6) is 0 Å². The first-order chi connectivity index (χ1) is 7.90. The van der Waals surface area contributed by atoms with Gasteiger partial charge in [0.15, 0.2) is 0 Å². The van der Waals surface area contributed by atoms with Crippen molar-refractivity contribution in [2.24, 2.45) is 5.73 Å². The second kappa shape index (κ2) is 5.89. The van der Waals surface area contributed by atoms with Crippen molar-refractivity contribution < 1.29 is 4.79 Å². The molecule has 0 unspecified atom stereocenters. The summed E-state index contributed by atoms with van der Waals surface area (Å²) in [4.78, 5) is 12.9. The number of benzene rings is 1. The van der Waals surface area contributed by atoms with E-state index < -0.39 is 0 Å². The number of anilines is 1. The maximum Gasteiger partial charge on any atom is 0.231 e. The SMILES string of the molecule is CC(C)N(CC(N)=O)Cc1ccc(Cl)cc1N. The van der Waals surface area contributed by atoms with Crippen LogP contribution < -0.4 is 11.5 Å². The van der Waals surface area contributed by atoms with Gasteiger partial charge in [-0.2, -0.15) is 0 Å². The summed E-state index contributed by atoms with van der Waals surface area (Å²) in [6.45, 7) is 4.83. The van der Waals surface area contributed by atoms with Crippen molar-refractivity contribution in [1.82, 2.24) is 4.90 Å². The lowest BCUT2D eigenvalue weighted by Gasteiger charge is -2.25. The van der Waals surface area contributed by atoms with Crippen LogP contribution in [-0.2, 0) is 11.3 Å². The quantitative estimate of drug-likeness (QED) is 0.786. The van der Waals surface area contributed by atoms with Gasteiger partial charge >= 0.3 is 0 Å².